The van der Waals surface area contributed by atoms with Crippen LogP contribution in [0.25, 0.3) is 11.1 Å². The number of aliphatic hydroxyl groups excluding tert-OH is 2. The van der Waals surface area contributed by atoms with Crippen molar-refractivity contribution in [3.8, 4) is 11.1 Å². The van der Waals surface area contributed by atoms with E-state index in [9.17, 15) is 19.8 Å². The Morgan fingerprint density at radius 2 is 1.81 bits per heavy atom. The number of benzene rings is 2. The van der Waals surface area contributed by atoms with Gasteiger partial charge in [0.2, 0.25) is 0 Å². The highest BCUT2D eigenvalue weighted by Gasteiger charge is 2.30. The van der Waals surface area contributed by atoms with Gasteiger partial charge in [-0.15, -0.1) is 0 Å². The zero-order chi connectivity index (χ0) is 18.3. The van der Waals surface area contributed by atoms with Gasteiger partial charge in [0, 0.05) is 30.3 Å². The Hall–Kier alpha value is -2.96. The molecular formula is C20H18N2O4. The number of aliphatic hydroxyl groups is 2. The van der Waals surface area contributed by atoms with Crippen LogP contribution < -0.4 is 10.6 Å². The summed E-state index contributed by atoms with van der Waals surface area (Å²) in [5, 5.41) is 25.0. The fourth-order valence-electron chi connectivity index (χ4n) is 3.45. The highest BCUT2D eigenvalue weighted by atomic mass is 16.3. The second-order valence-electron chi connectivity index (χ2n) is 6.46. The van der Waals surface area contributed by atoms with Crippen LogP contribution in [-0.2, 0) is 0 Å². The normalized spacial score (nSPS) is 22.5. The molecule has 2 atom stereocenters. The fraction of sp³-hybridized carbons (Fsp3) is 0.200. The first-order chi connectivity index (χ1) is 12.6. The number of fused-ring (bicyclic) bond motifs is 3. The number of carbonyl (C=O) groups is 2. The summed E-state index contributed by atoms with van der Waals surface area (Å²) < 4.78 is 0. The van der Waals surface area contributed by atoms with E-state index in [1.165, 1.54) is 6.20 Å². The van der Waals surface area contributed by atoms with Gasteiger partial charge in [0.05, 0.1) is 23.5 Å². The Morgan fingerprint density at radius 3 is 2.58 bits per heavy atom. The lowest BCUT2D eigenvalue weighted by Gasteiger charge is -2.26. The lowest BCUT2D eigenvalue weighted by Crippen LogP contribution is -2.41. The van der Waals surface area contributed by atoms with Gasteiger partial charge in [-0.2, -0.15) is 0 Å². The number of hydrogen-bond donors (Lipinski definition) is 4. The molecule has 6 heteroatoms. The molecule has 1 heterocycles. The molecule has 1 amide bonds. The number of carbonyl (C=O) groups excluding carboxylic acids is 2. The minimum Gasteiger partial charge on any atom is -0.391 e. The molecule has 4 rings (SSSR count). The molecule has 26 heavy (non-hydrogen) atoms. The zero-order valence-electron chi connectivity index (χ0n) is 13.9. The first kappa shape index (κ1) is 16.5. The predicted molar refractivity (Wildman–Crippen MR) is 95.5 cm³/mol. The van der Waals surface area contributed by atoms with Gasteiger partial charge >= 0.3 is 0 Å². The Morgan fingerprint density at radius 1 is 1.08 bits per heavy atom. The molecule has 1 unspecified atom stereocenters. The summed E-state index contributed by atoms with van der Waals surface area (Å²) in [6.07, 6.45) is 0.117. The summed E-state index contributed by atoms with van der Waals surface area (Å²) in [5.41, 5.74) is 3.32. The van der Waals surface area contributed by atoms with Crippen LogP contribution >= 0.6 is 0 Å². The topological polar surface area (TPSA) is 98.7 Å². The van der Waals surface area contributed by atoms with Crippen molar-refractivity contribution in [1.82, 2.24) is 10.6 Å². The quantitative estimate of drug-likeness (QED) is 0.556. The van der Waals surface area contributed by atoms with Gasteiger partial charge < -0.3 is 20.8 Å². The first-order valence-corrected chi connectivity index (χ1v) is 8.44. The Bertz CT molecular complexity index is 935. The lowest BCUT2D eigenvalue weighted by molar-refractivity contribution is 0.0735. The first-order valence-electron chi connectivity index (χ1n) is 8.44. The maximum atomic E-state index is 12.7. The molecule has 2 aromatic carbocycles. The molecule has 0 saturated carbocycles. The number of hydrogen-bond acceptors (Lipinski definition) is 5. The Kier molecular flexibility index (Phi) is 4.06. The highest BCUT2D eigenvalue weighted by molar-refractivity contribution is 6.25. The number of β-amino-alcohol motifs (C(OH)–C–C–N with tert-alkyl or cyclic N) is 1. The van der Waals surface area contributed by atoms with Crippen LogP contribution in [-0.4, -0.2) is 40.7 Å². The van der Waals surface area contributed by atoms with Gasteiger partial charge in [-0.3, -0.25) is 9.59 Å². The van der Waals surface area contributed by atoms with Gasteiger partial charge in [-0.05, 0) is 17.2 Å². The molecule has 0 spiro atoms. The van der Waals surface area contributed by atoms with Crippen molar-refractivity contribution in [2.45, 2.75) is 18.6 Å². The second-order valence-corrected chi connectivity index (χ2v) is 6.46. The number of rotatable bonds is 2. The Balaban J connectivity index is 1.62. The molecule has 0 radical (unpaired) electrons. The predicted octanol–water partition coefficient (Wildman–Crippen LogP) is 1.18. The summed E-state index contributed by atoms with van der Waals surface area (Å²) in [4.78, 5) is 25.4. The maximum Gasteiger partial charge on any atom is 0.256 e. The van der Waals surface area contributed by atoms with Crippen LogP contribution in [0.4, 0.5) is 0 Å². The molecule has 2 aliphatic rings. The van der Waals surface area contributed by atoms with Crippen LogP contribution in [0, 0.1) is 0 Å². The van der Waals surface area contributed by atoms with Crippen molar-refractivity contribution >= 4 is 11.7 Å². The van der Waals surface area contributed by atoms with Crippen molar-refractivity contribution in [1.29, 1.82) is 0 Å². The summed E-state index contributed by atoms with van der Waals surface area (Å²) in [6.45, 7) is 0.313. The Labute approximate surface area is 150 Å². The van der Waals surface area contributed by atoms with E-state index >= 15 is 0 Å². The van der Waals surface area contributed by atoms with Crippen LogP contribution in [0.3, 0.4) is 0 Å². The van der Waals surface area contributed by atoms with E-state index in [1.54, 1.807) is 24.3 Å². The molecule has 1 fully saturated rings. The molecule has 0 aromatic heterocycles. The van der Waals surface area contributed by atoms with E-state index in [2.05, 4.69) is 10.6 Å². The minimum atomic E-state index is -0.869. The summed E-state index contributed by atoms with van der Waals surface area (Å²) in [7, 11) is 0. The van der Waals surface area contributed by atoms with Crippen molar-refractivity contribution in [2.24, 2.45) is 0 Å². The van der Waals surface area contributed by atoms with Crippen molar-refractivity contribution in [3.63, 3.8) is 0 Å². The third-order valence-corrected chi connectivity index (χ3v) is 4.75. The molecule has 2 aromatic rings. The van der Waals surface area contributed by atoms with Gasteiger partial charge in [0.15, 0.2) is 5.78 Å². The van der Waals surface area contributed by atoms with Gasteiger partial charge in [0.1, 0.15) is 0 Å². The highest BCUT2D eigenvalue weighted by Crippen LogP contribution is 2.37. The molecule has 1 aliphatic heterocycles. The minimum absolute atomic E-state index is 0.159. The zero-order valence-corrected chi connectivity index (χ0v) is 13.9. The van der Waals surface area contributed by atoms with E-state index < -0.39 is 18.1 Å². The molecule has 6 nitrogen and oxygen atoms in total. The number of nitrogens with one attached hydrogen (secondary N) is 2. The van der Waals surface area contributed by atoms with Gasteiger partial charge in [-0.25, -0.2) is 0 Å². The van der Waals surface area contributed by atoms with Crippen LogP contribution in [0.1, 0.15) is 32.7 Å². The molecule has 4 N–H and O–H groups in total. The molecule has 1 aliphatic carbocycles. The van der Waals surface area contributed by atoms with E-state index in [0.29, 0.717) is 28.9 Å². The monoisotopic (exact) mass is 350 g/mol. The average molecular weight is 350 g/mol. The van der Waals surface area contributed by atoms with E-state index in [0.717, 1.165) is 11.1 Å². The average Bonchev–Trinajstić information content (AvgIpc) is 2.94. The molecular weight excluding hydrogens is 332 g/mol. The van der Waals surface area contributed by atoms with Gasteiger partial charge in [-0.1, -0.05) is 36.4 Å². The van der Waals surface area contributed by atoms with Crippen molar-refractivity contribution < 1.29 is 19.8 Å². The van der Waals surface area contributed by atoms with Crippen molar-refractivity contribution in [2.75, 3.05) is 6.54 Å². The maximum absolute atomic E-state index is 12.7. The number of piperidine rings is 1. The van der Waals surface area contributed by atoms with Crippen LogP contribution in [0.2, 0.25) is 0 Å². The summed E-state index contributed by atoms with van der Waals surface area (Å²) in [6, 6.07) is 12.5. The van der Waals surface area contributed by atoms with Crippen molar-refractivity contribution in [3.05, 3.63) is 71.1 Å². The van der Waals surface area contributed by atoms with E-state index in [4.69, 9.17) is 0 Å². The molecule has 132 valence electrons. The second kappa shape index (κ2) is 6.40. The SMILES string of the molecule is O=C(N/C=C1\NC[C@@H](O)CC1O)c1cccc2c1C(=O)c1ccccc1-2. The number of amides is 1. The standard InChI is InChI=1S/C20H18N2O4/c23-11-8-17(24)16(21-9-11)10-22-20(26)15-7-3-6-13-12-4-1-2-5-14(12)19(25)18(13)15/h1-7,10-11,17,21,23-24H,8-9H2,(H,22,26)/b16-10-/t11-,17?/m0/s1. The fourth-order valence-corrected chi connectivity index (χ4v) is 3.45. The molecule has 1 saturated heterocycles. The van der Waals surface area contributed by atoms with Gasteiger partial charge in [0.25, 0.3) is 5.91 Å². The van der Waals surface area contributed by atoms with Crippen LogP contribution in [0.15, 0.2) is 54.4 Å². The smallest absolute Gasteiger partial charge is 0.256 e. The largest absolute Gasteiger partial charge is 0.391 e. The third kappa shape index (κ3) is 2.69. The van der Waals surface area contributed by atoms with Crippen LogP contribution in [0.5, 0.6) is 0 Å². The van der Waals surface area contributed by atoms with E-state index in [1.807, 2.05) is 18.2 Å². The lowest BCUT2D eigenvalue weighted by atomic mass is 10.0. The summed E-state index contributed by atoms with van der Waals surface area (Å²) in [5.74, 6) is -0.580. The number of ketones is 1. The summed E-state index contributed by atoms with van der Waals surface area (Å²) >= 11 is 0. The van der Waals surface area contributed by atoms with E-state index in [-0.39, 0.29) is 12.2 Å². The molecule has 0 bridgehead atoms. The third-order valence-electron chi connectivity index (χ3n) is 4.75.